The standard InChI is InChI=1S/C8H10ClOP.Pd/c1-10-7-4-2-3-6(5-7)8(9)11;/h2-5,8H,11H2,1H3;. The molecule has 4 heteroatoms. The van der Waals surface area contributed by atoms with E-state index in [1.54, 1.807) is 7.11 Å². The molecule has 1 aromatic rings. The summed E-state index contributed by atoms with van der Waals surface area (Å²) in [5.74, 6) is 0.843. The molecule has 0 fully saturated rings. The molecule has 1 nitrogen and oxygen atoms in total. The van der Waals surface area contributed by atoms with Gasteiger partial charge in [-0.3, -0.25) is 0 Å². The predicted molar refractivity (Wildman–Crippen MR) is 51.3 cm³/mol. The smallest absolute Gasteiger partial charge is 0.119 e. The molecule has 0 bridgehead atoms. The molecule has 0 N–H and O–H groups in total. The topological polar surface area (TPSA) is 9.23 Å². The average molecular weight is 295 g/mol. The summed E-state index contributed by atoms with van der Waals surface area (Å²) >= 11 is 5.84. The molecule has 0 aromatic heterocycles. The van der Waals surface area contributed by atoms with E-state index in [9.17, 15) is 0 Å². The van der Waals surface area contributed by atoms with E-state index >= 15 is 0 Å². The Balaban J connectivity index is 0.00000121. The molecule has 0 heterocycles. The summed E-state index contributed by atoms with van der Waals surface area (Å²) in [7, 11) is 4.17. The van der Waals surface area contributed by atoms with Crippen molar-refractivity contribution < 1.29 is 25.2 Å². The van der Waals surface area contributed by atoms with E-state index in [4.69, 9.17) is 16.3 Å². The first-order valence-corrected chi connectivity index (χ1v) is 4.38. The maximum Gasteiger partial charge on any atom is 0.119 e. The van der Waals surface area contributed by atoms with Gasteiger partial charge >= 0.3 is 0 Å². The Morgan fingerprint density at radius 1 is 1.50 bits per heavy atom. The normalized spacial score (nSPS) is 11.6. The second-order valence-corrected chi connectivity index (χ2v) is 3.74. The molecule has 2 atom stereocenters. The zero-order valence-electron chi connectivity index (χ0n) is 6.57. The molecule has 1 rings (SSSR count). The Morgan fingerprint density at radius 3 is 2.67 bits per heavy atom. The first-order valence-electron chi connectivity index (χ1n) is 3.27. The SMILES string of the molecule is COc1cccc(C(P)Cl)c1.[Pd]. The second kappa shape index (κ2) is 5.95. The van der Waals surface area contributed by atoms with Gasteiger partial charge in [-0.2, -0.15) is 0 Å². The first-order chi connectivity index (χ1) is 5.24. The van der Waals surface area contributed by atoms with Crippen molar-refractivity contribution in [3.63, 3.8) is 0 Å². The summed E-state index contributed by atoms with van der Waals surface area (Å²) in [6.07, 6.45) is 0. The van der Waals surface area contributed by atoms with Gasteiger partial charge in [0.25, 0.3) is 0 Å². The Kier molecular flexibility index (Phi) is 6.15. The van der Waals surface area contributed by atoms with Crippen LogP contribution in [0.5, 0.6) is 5.75 Å². The zero-order chi connectivity index (χ0) is 8.27. The number of methoxy groups -OCH3 is 1. The number of halogens is 1. The molecule has 2 unspecified atom stereocenters. The van der Waals surface area contributed by atoms with Crippen LogP contribution in [0, 0.1) is 0 Å². The monoisotopic (exact) mass is 294 g/mol. The maximum absolute atomic E-state index is 5.84. The van der Waals surface area contributed by atoms with Crippen LogP contribution in [-0.4, -0.2) is 7.11 Å². The molecule has 0 aliphatic rings. The molecule has 0 radical (unpaired) electrons. The summed E-state index contributed by atoms with van der Waals surface area (Å²) in [4.78, 5) is 0. The fourth-order valence-electron chi connectivity index (χ4n) is 0.813. The number of alkyl halides is 1. The van der Waals surface area contributed by atoms with Crippen LogP contribution in [0.25, 0.3) is 0 Å². The second-order valence-electron chi connectivity index (χ2n) is 2.18. The van der Waals surface area contributed by atoms with Crippen LogP contribution in [-0.2, 0) is 20.4 Å². The molecule has 0 amide bonds. The average Bonchev–Trinajstić information content (AvgIpc) is 2.05. The minimum absolute atomic E-state index is 0. The Morgan fingerprint density at radius 2 is 2.17 bits per heavy atom. The van der Waals surface area contributed by atoms with Crippen LogP contribution in [0.3, 0.4) is 0 Å². The van der Waals surface area contributed by atoms with Gasteiger partial charge in [0, 0.05) is 20.4 Å². The van der Waals surface area contributed by atoms with Gasteiger partial charge in [-0.15, -0.1) is 20.8 Å². The van der Waals surface area contributed by atoms with Crippen LogP contribution < -0.4 is 4.74 Å². The summed E-state index contributed by atoms with van der Waals surface area (Å²) in [5, 5.41) is -0.0369. The van der Waals surface area contributed by atoms with Gasteiger partial charge in [0.1, 0.15) is 5.75 Å². The molecular weight excluding hydrogens is 285 g/mol. The van der Waals surface area contributed by atoms with Crippen molar-refractivity contribution in [2.24, 2.45) is 0 Å². The van der Waals surface area contributed by atoms with Crippen molar-refractivity contribution >= 4 is 20.8 Å². The molecule has 0 aliphatic carbocycles. The molecular formula is C8H10ClOPPd. The zero-order valence-corrected chi connectivity index (χ0v) is 10.0. The van der Waals surface area contributed by atoms with E-state index in [2.05, 4.69) is 9.24 Å². The number of hydrogen-bond donors (Lipinski definition) is 0. The van der Waals surface area contributed by atoms with Crippen LogP contribution in [0.2, 0.25) is 0 Å². The van der Waals surface area contributed by atoms with Gasteiger partial charge in [-0.25, -0.2) is 0 Å². The molecule has 70 valence electrons. The van der Waals surface area contributed by atoms with Gasteiger partial charge < -0.3 is 4.74 Å². The molecule has 1 aromatic carbocycles. The summed E-state index contributed by atoms with van der Waals surface area (Å²) < 4.78 is 5.04. The number of benzene rings is 1. The van der Waals surface area contributed by atoms with E-state index in [-0.39, 0.29) is 25.5 Å². The van der Waals surface area contributed by atoms with Gasteiger partial charge in [0.2, 0.25) is 0 Å². The van der Waals surface area contributed by atoms with Crippen molar-refractivity contribution in [1.29, 1.82) is 0 Å². The van der Waals surface area contributed by atoms with Crippen LogP contribution in [0.1, 0.15) is 10.7 Å². The van der Waals surface area contributed by atoms with E-state index in [0.29, 0.717) is 0 Å². The Hall–Kier alpha value is 0.402. The minimum Gasteiger partial charge on any atom is -0.497 e. The first kappa shape index (κ1) is 12.4. The van der Waals surface area contributed by atoms with Gasteiger partial charge in [0.15, 0.2) is 0 Å². The summed E-state index contributed by atoms with van der Waals surface area (Å²) in [5.41, 5.74) is 1.05. The molecule has 0 saturated carbocycles. The van der Waals surface area contributed by atoms with E-state index in [0.717, 1.165) is 11.3 Å². The van der Waals surface area contributed by atoms with Gasteiger partial charge in [-0.05, 0) is 17.7 Å². The largest absolute Gasteiger partial charge is 0.497 e. The van der Waals surface area contributed by atoms with Crippen molar-refractivity contribution in [2.45, 2.75) is 5.12 Å². The van der Waals surface area contributed by atoms with E-state index < -0.39 is 0 Å². The van der Waals surface area contributed by atoms with Gasteiger partial charge in [0.05, 0.1) is 12.2 Å². The molecule has 12 heavy (non-hydrogen) atoms. The molecule has 0 aliphatic heterocycles. The van der Waals surface area contributed by atoms with Crippen molar-refractivity contribution in [2.75, 3.05) is 7.11 Å². The summed E-state index contributed by atoms with van der Waals surface area (Å²) in [6, 6.07) is 7.71. The third-order valence-electron chi connectivity index (χ3n) is 1.41. The Bertz CT molecular complexity index is 242. The van der Waals surface area contributed by atoms with Gasteiger partial charge in [-0.1, -0.05) is 12.1 Å². The van der Waals surface area contributed by atoms with Crippen LogP contribution in [0.15, 0.2) is 24.3 Å². The minimum atomic E-state index is -0.0369. The number of rotatable bonds is 2. The third-order valence-corrected chi connectivity index (χ3v) is 2.05. The predicted octanol–water partition coefficient (Wildman–Crippen LogP) is 2.81. The van der Waals surface area contributed by atoms with Crippen molar-refractivity contribution in [3.8, 4) is 5.75 Å². The third kappa shape index (κ3) is 3.42. The number of ether oxygens (including phenoxy) is 1. The van der Waals surface area contributed by atoms with E-state index in [1.165, 1.54) is 0 Å². The van der Waals surface area contributed by atoms with E-state index in [1.807, 2.05) is 24.3 Å². The van der Waals surface area contributed by atoms with Crippen molar-refractivity contribution in [3.05, 3.63) is 29.8 Å². The van der Waals surface area contributed by atoms with Crippen LogP contribution in [0.4, 0.5) is 0 Å². The quantitative estimate of drug-likeness (QED) is 0.463. The Labute approximate surface area is 93.7 Å². The fourth-order valence-corrected chi connectivity index (χ4v) is 1.16. The fraction of sp³-hybridized carbons (Fsp3) is 0.250. The maximum atomic E-state index is 5.84. The molecule has 0 saturated heterocycles. The number of hydrogen-bond acceptors (Lipinski definition) is 1. The summed E-state index contributed by atoms with van der Waals surface area (Å²) in [6.45, 7) is 0. The van der Waals surface area contributed by atoms with Crippen molar-refractivity contribution in [1.82, 2.24) is 0 Å². The van der Waals surface area contributed by atoms with Crippen LogP contribution >= 0.6 is 20.8 Å². The molecule has 0 spiro atoms.